The summed E-state index contributed by atoms with van der Waals surface area (Å²) < 4.78 is 15.3. The van der Waals surface area contributed by atoms with E-state index in [-0.39, 0.29) is 19.2 Å². The second-order valence-corrected chi connectivity index (χ2v) is 6.70. The lowest BCUT2D eigenvalue weighted by atomic mass is 9.91. The van der Waals surface area contributed by atoms with E-state index in [0.29, 0.717) is 28.2 Å². The molecule has 0 aromatic heterocycles. The summed E-state index contributed by atoms with van der Waals surface area (Å²) in [5, 5.41) is 2.76. The summed E-state index contributed by atoms with van der Waals surface area (Å²) >= 11 is 0. The monoisotopic (exact) mass is 382 g/mol. The molecule has 1 fully saturated rings. The first-order valence-corrected chi connectivity index (χ1v) is 8.64. The normalized spacial score (nSPS) is 20.3. The van der Waals surface area contributed by atoms with Gasteiger partial charge in [-0.1, -0.05) is 18.2 Å². The summed E-state index contributed by atoms with van der Waals surface area (Å²) in [5.74, 6) is 0.328. The van der Waals surface area contributed by atoms with Gasteiger partial charge in [0.25, 0.3) is 5.91 Å². The summed E-state index contributed by atoms with van der Waals surface area (Å²) in [4.78, 5) is 38.2. The molecule has 1 N–H and O–H groups in total. The fourth-order valence-corrected chi connectivity index (χ4v) is 3.29. The fourth-order valence-electron chi connectivity index (χ4n) is 3.29. The van der Waals surface area contributed by atoms with Gasteiger partial charge < -0.3 is 19.5 Å². The molecule has 2 aliphatic rings. The molecule has 0 saturated carbocycles. The number of nitrogens with zero attached hydrogens (tertiary/aromatic N) is 1. The highest BCUT2D eigenvalue weighted by molar-refractivity contribution is 6.07. The van der Waals surface area contributed by atoms with Crippen molar-refractivity contribution in [2.45, 2.75) is 19.0 Å². The van der Waals surface area contributed by atoms with E-state index in [2.05, 4.69) is 10.1 Å². The molecule has 0 spiro atoms. The number of methoxy groups -OCH3 is 1. The Balaban J connectivity index is 1.56. The van der Waals surface area contributed by atoms with E-state index in [9.17, 15) is 14.4 Å². The summed E-state index contributed by atoms with van der Waals surface area (Å²) in [5.41, 5.74) is 0.516. The average molecular weight is 382 g/mol. The first kappa shape index (κ1) is 17.8. The molecule has 2 heterocycles. The molecule has 0 aliphatic carbocycles. The first-order valence-electron chi connectivity index (χ1n) is 8.64. The molecule has 0 unspecified atom stereocenters. The number of nitrogens with one attached hydrogen (secondary N) is 1. The van der Waals surface area contributed by atoms with Crippen LogP contribution in [-0.2, 0) is 21.6 Å². The Kier molecular flexibility index (Phi) is 4.18. The molecule has 144 valence electrons. The van der Waals surface area contributed by atoms with E-state index in [0.717, 1.165) is 4.90 Å². The fraction of sp³-hybridized carbons (Fsp3) is 0.250. The van der Waals surface area contributed by atoms with E-state index < -0.39 is 17.5 Å². The maximum absolute atomic E-state index is 13.1. The van der Waals surface area contributed by atoms with Crippen molar-refractivity contribution in [2.24, 2.45) is 0 Å². The molecule has 3 amide bonds. The minimum atomic E-state index is -1.20. The summed E-state index contributed by atoms with van der Waals surface area (Å²) in [6.07, 6.45) is 0. The maximum Gasteiger partial charge on any atom is 0.337 e. The third-order valence-electron chi connectivity index (χ3n) is 4.94. The predicted molar refractivity (Wildman–Crippen MR) is 96.8 cm³/mol. The van der Waals surface area contributed by atoms with Crippen LogP contribution in [0.25, 0.3) is 0 Å². The van der Waals surface area contributed by atoms with Crippen LogP contribution in [0.2, 0.25) is 0 Å². The lowest BCUT2D eigenvalue weighted by Crippen LogP contribution is -2.40. The van der Waals surface area contributed by atoms with Gasteiger partial charge in [0.15, 0.2) is 11.5 Å². The van der Waals surface area contributed by atoms with Crippen LogP contribution in [0.5, 0.6) is 11.5 Å². The quantitative estimate of drug-likeness (QED) is 0.643. The van der Waals surface area contributed by atoms with Gasteiger partial charge in [-0.15, -0.1) is 0 Å². The topological polar surface area (TPSA) is 94.2 Å². The number of imide groups is 1. The van der Waals surface area contributed by atoms with Crippen molar-refractivity contribution in [3.63, 3.8) is 0 Å². The van der Waals surface area contributed by atoms with Crippen LogP contribution >= 0.6 is 0 Å². The number of ether oxygens (including phenoxy) is 3. The SMILES string of the molecule is COC(=O)c1ccc(CN2C(=O)N[C@](C)(c3ccc4c(c3)OCO4)C2=O)cc1. The lowest BCUT2D eigenvalue weighted by Gasteiger charge is -2.22. The van der Waals surface area contributed by atoms with Gasteiger partial charge in [0.05, 0.1) is 19.2 Å². The summed E-state index contributed by atoms with van der Waals surface area (Å²) in [6.45, 7) is 1.88. The van der Waals surface area contributed by atoms with Crippen LogP contribution in [0.15, 0.2) is 42.5 Å². The number of amides is 3. The minimum absolute atomic E-state index is 0.0895. The van der Waals surface area contributed by atoms with Gasteiger partial charge in [0, 0.05) is 0 Å². The number of urea groups is 1. The molecule has 2 aromatic carbocycles. The third-order valence-corrected chi connectivity index (χ3v) is 4.94. The van der Waals surface area contributed by atoms with Crippen molar-refractivity contribution >= 4 is 17.9 Å². The predicted octanol–water partition coefficient (Wildman–Crippen LogP) is 2.17. The summed E-state index contributed by atoms with van der Waals surface area (Å²) in [6, 6.07) is 11.2. The molecule has 8 heteroatoms. The first-order chi connectivity index (χ1) is 13.4. The van der Waals surface area contributed by atoms with Crippen molar-refractivity contribution in [3.05, 3.63) is 59.2 Å². The number of benzene rings is 2. The molecular formula is C20H18N2O6. The van der Waals surface area contributed by atoms with Crippen molar-refractivity contribution in [3.8, 4) is 11.5 Å². The zero-order valence-electron chi connectivity index (χ0n) is 15.4. The number of carbonyl (C=O) groups is 3. The Morgan fingerprint density at radius 2 is 1.86 bits per heavy atom. The molecule has 4 rings (SSSR count). The number of fused-ring (bicyclic) bond motifs is 1. The standard InChI is InChI=1S/C20H18N2O6/c1-20(14-7-8-15-16(9-14)28-11-27-15)18(24)22(19(25)21-20)10-12-3-5-13(6-4-12)17(23)26-2/h3-9H,10-11H2,1-2H3,(H,21,25)/t20-/m1/s1. The van der Waals surface area contributed by atoms with E-state index in [4.69, 9.17) is 9.47 Å². The van der Waals surface area contributed by atoms with Crippen molar-refractivity contribution in [2.75, 3.05) is 13.9 Å². The van der Waals surface area contributed by atoms with Gasteiger partial charge in [-0.3, -0.25) is 9.69 Å². The highest BCUT2D eigenvalue weighted by Gasteiger charge is 2.49. The number of hydrogen-bond acceptors (Lipinski definition) is 6. The zero-order chi connectivity index (χ0) is 19.9. The van der Waals surface area contributed by atoms with E-state index >= 15 is 0 Å². The Hall–Kier alpha value is -3.55. The van der Waals surface area contributed by atoms with Gasteiger partial charge in [-0.05, 0) is 42.3 Å². The van der Waals surface area contributed by atoms with Gasteiger partial charge in [0.1, 0.15) is 5.54 Å². The second kappa shape index (κ2) is 6.56. The van der Waals surface area contributed by atoms with Crippen LogP contribution in [-0.4, -0.2) is 36.7 Å². The molecule has 2 aromatic rings. The van der Waals surface area contributed by atoms with Gasteiger partial charge >= 0.3 is 12.0 Å². The number of esters is 1. The highest BCUT2D eigenvalue weighted by atomic mass is 16.7. The Bertz CT molecular complexity index is 971. The van der Waals surface area contributed by atoms with Gasteiger partial charge in [-0.2, -0.15) is 0 Å². The molecule has 0 bridgehead atoms. The summed E-state index contributed by atoms with van der Waals surface area (Å²) in [7, 11) is 1.31. The zero-order valence-corrected chi connectivity index (χ0v) is 15.4. The van der Waals surface area contributed by atoms with Crippen LogP contribution < -0.4 is 14.8 Å². The van der Waals surface area contributed by atoms with Crippen LogP contribution in [0.1, 0.15) is 28.4 Å². The van der Waals surface area contributed by atoms with Crippen molar-refractivity contribution in [1.29, 1.82) is 0 Å². The largest absolute Gasteiger partial charge is 0.465 e. The molecule has 2 aliphatic heterocycles. The average Bonchev–Trinajstić information content (AvgIpc) is 3.26. The number of rotatable bonds is 4. The van der Waals surface area contributed by atoms with E-state index in [1.165, 1.54) is 7.11 Å². The Morgan fingerprint density at radius 1 is 1.14 bits per heavy atom. The number of carbonyl (C=O) groups excluding carboxylic acids is 3. The second-order valence-electron chi connectivity index (χ2n) is 6.70. The highest BCUT2D eigenvalue weighted by Crippen LogP contribution is 2.38. The smallest absolute Gasteiger partial charge is 0.337 e. The van der Waals surface area contributed by atoms with E-state index in [1.54, 1.807) is 49.4 Å². The molecular weight excluding hydrogens is 364 g/mol. The van der Waals surface area contributed by atoms with Crippen LogP contribution in [0.3, 0.4) is 0 Å². The van der Waals surface area contributed by atoms with Crippen molar-refractivity contribution in [1.82, 2.24) is 10.2 Å². The third kappa shape index (κ3) is 2.83. The Labute approximate surface area is 161 Å². The molecule has 28 heavy (non-hydrogen) atoms. The van der Waals surface area contributed by atoms with Crippen LogP contribution in [0, 0.1) is 0 Å². The van der Waals surface area contributed by atoms with Gasteiger partial charge in [0.2, 0.25) is 6.79 Å². The molecule has 1 atom stereocenters. The Morgan fingerprint density at radius 3 is 2.57 bits per heavy atom. The number of hydrogen-bond donors (Lipinski definition) is 1. The molecule has 0 radical (unpaired) electrons. The maximum atomic E-state index is 13.1. The van der Waals surface area contributed by atoms with E-state index in [1.807, 2.05) is 0 Å². The van der Waals surface area contributed by atoms with Crippen molar-refractivity contribution < 1.29 is 28.6 Å². The molecule has 8 nitrogen and oxygen atoms in total. The molecule has 1 saturated heterocycles. The lowest BCUT2D eigenvalue weighted by molar-refractivity contribution is -0.131. The minimum Gasteiger partial charge on any atom is -0.465 e. The van der Waals surface area contributed by atoms with Crippen LogP contribution in [0.4, 0.5) is 4.79 Å². The van der Waals surface area contributed by atoms with Gasteiger partial charge in [-0.25, -0.2) is 9.59 Å².